The minimum Gasteiger partial charge on any atom is -0.508 e. The summed E-state index contributed by atoms with van der Waals surface area (Å²) in [5, 5.41) is 24.0. The molecule has 274 valence electrons. The summed E-state index contributed by atoms with van der Waals surface area (Å²) in [4.78, 5) is 38.8. The highest BCUT2D eigenvalue weighted by atomic mass is 32.1. The fraction of sp³-hybridized carbons (Fsp3) is 0.275. The Kier molecular flexibility index (Phi) is 11.0. The molecule has 4 aromatic carbocycles. The van der Waals surface area contributed by atoms with E-state index in [1.54, 1.807) is 30.3 Å². The number of hydrogen-bond acceptors (Lipinski definition) is 12. The van der Waals surface area contributed by atoms with Crippen molar-refractivity contribution in [3.8, 4) is 39.2 Å². The Labute approximate surface area is 309 Å². The van der Waals surface area contributed by atoms with Crippen molar-refractivity contribution in [3.63, 3.8) is 0 Å². The average Bonchev–Trinajstić information content (AvgIpc) is 3.67. The third-order valence-corrected chi connectivity index (χ3v) is 10.1. The Morgan fingerprint density at radius 3 is 2.34 bits per heavy atom. The van der Waals surface area contributed by atoms with E-state index in [-0.39, 0.29) is 30.2 Å². The first-order valence-electron chi connectivity index (χ1n) is 17.4. The molecule has 2 aliphatic heterocycles. The van der Waals surface area contributed by atoms with Crippen LogP contribution in [0.5, 0.6) is 28.7 Å². The van der Waals surface area contributed by atoms with Gasteiger partial charge in [0.1, 0.15) is 35.6 Å². The number of carbonyl (C=O) groups is 3. The van der Waals surface area contributed by atoms with Crippen LogP contribution < -0.4 is 14.8 Å². The van der Waals surface area contributed by atoms with Crippen molar-refractivity contribution in [2.75, 3.05) is 44.9 Å². The molecule has 1 fully saturated rings. The van der Waals surface area contributed by atoms with Gasteiger partial charge >= 0.3 is 11.9 Å². The highest BCUT2D eigenvalue weighted by molar-refractivity contribution is 7.22. The SMILES string of the molecule is O=C1CCC(N2Cc3cc(NCCCOCCOCCOc4ccc(Oc5c(-c6ccc(O)cc6)sc6cc(O)ccc56)cc4)ccc3C2=O)C(=O)O1. The molecule has 7 rings (SSSR count). The molecule has 13 heteroatoms. The molecule has 53 heavy (non-hydrogen) atoms. The van der Waals surface area contributed by atoms with Gasteiger partial charge in [0.15, 0.2) is 5.75 Å². The molecule has 0 saturated carbocycles. The molecule has 1 amide bonds. The van der Waals surface area contributed by atoms with Gasteiger partial charge in [0.2, 0.25) is 0 Å². The number of carbonyl (C=O) groups excluding carboxylic acids is 3. The monoisotopic (exact) mass is 738 g/mol. The zero-order valence-corrected chi connectivity index (χ0v) is 29.6. The van der Waals surface area contributed by atoms with E-state index >= 15 is 0 Å². The van der Waals surface area contributed by atoms with Gasteiger partial charge < -0.3 is 44.1 Å². The van der Waals surface area contributed by atoms with E-state index in [4.69, 9.17) is 23.7 Å². The summed E-state index contributed by atoms with van der Waals surface area (Å²) in [6.07, 6.45) is 1.18. The van der Waals surface area contributed by atoms with Crippen molar-refractivity contribution >= 4 is 45.0 Å². The first kappa shape index (κ1) is 35.8. The van der Waals surface area contributed by atoms with Crippen LogP contribution in [0.3, 0.4) is 0 Å². The van der Waals surface area contributed by atoms with Crippen LogP contribution in [0.25, 0.3) is 20.5 Å². The summed E-state index contributed by atoms with van der Waals surface area (Å²) in [7, 11) is 0. The molecule has 5 aromatic rings. The van der Waals surface area contributed by atoms with Gasteiger partial charge in [-0.05, 0) is 109 Å². The Hall–Kier alpha value is -5.63. The fourth-order valence-electron chi connectivity index (χ4n) is 6.23. The quantitative estimate of drug-likeness (QED) is 0.0552. The number of rotatable bonds is 16. The van der Waals surface area contributed by atoms with Crippen LogP contribution in [-0.2, 0) is 30.3 Å². The van der Waals surface area contributed by atoms with Gasteiger partial charge in [-0.3, -0.25) is 9.59 Å². The van der Waals surface area contributed by atoms with Gasteiger partial charge in [-0.25, -0.2) is 4.79 Å². The molecule has 3 N–H and O–H groups in total. The van der Waals surface area contributed by atoms with Crippen LogP contribution in [-0.4, -0.2) is 78.6 Å². The van der Waals surface area contributed by atoms with E-state index in [9.17, 15) is 24.6 Å². The molecule has 2 aliphatic rings. The van der Waals surface area contributed by atoms with Crippen molar-refractivity contribution in [3.05, 3.63) is 96.1 Å². The average molecular weight is 739 g/mol. The lowest BCUT2D eigenvalue weighted by molar-refractivity contribution is -0.167. The van der Waals surface area contributed by atoms with Crippen molar-refractivity contribution in [2.45, 2.75) is 31.8 Å². The second-order valence-corrected chi connectivity index (χ2v) is 13.6. The number of ether oxygens (including phenoxy) is 5. The van der Waals surface area contributed by atoms with Crippen LogP contribution in [0, 0.1) is 0 Å². The van der Waals surface area contributed by atoms with Crippen molar-refractivity contribution in [2.24, 2.45) is 0 Å². The molecule has 3 heterocycles. The normalized spacial score (nSPS) is 15.4. The number of benzene rings is 4. The molecule has 0 spiro atoms. The van der Waals surface area contributed by atoms with Crippen molar-refractivity contribution in [1.82, 2.24) is 4.90 Å². The van der Waals surface area contributed by atoms with E-state index in [0.29, 0.717) is 68.9 Å². The molecule has 0 aliphatic carbocycles. The van der Waals surface area contributed by atoms with Gasteiger partial charge in [0, 0.05) is 47.5 Å². The zero-order chi connectivity index (χ0) is 36.7. The summed E-state index contributed by atoms with van der Waals surface area (Å²) in [5.41, 5.74) is 3.17. The number of anilines is 1. The summed E-state index contributed by atoms with van der Waals surface area (Å²) in [5.74, 6) is 0.921. The molecule has 1 aromatic heterocycles. The minimum absolute atomic E-state index is 0.120. The van der Waals surface area contributed by atoms with Crippen LogP contribution in [0.2, 0.25) is 0 Å². The molecule has 0 radical (unpaired) electrons. The van der Waals surface area contributed by atoms with E-state index < -0.39 is 18.0 Å². The first-order valence-corrected chi connectivity index (χ1v) is 18.2. The third-order valence-electron chi connectivity index (χ3n) is 8.89. The van der Waals surface area contributed by atoms with Crippen LogP contribution in [0.15, 0.2) is 84.9 Å². The number of cyclic esters (lactones) is 2. The number of fused-ring (bicyclic) bond motifs is 2. The Bertz CT molecular complexity index is 2100. The van der Waals surface area contributed by atoms with Crippen LogP contribution in [0.1, 0.15) is 35.2 Å². The summed E-state index contributed by atoms with van der Waals surface area (Å²) in [6.45, 7) is 3.23. The van der Waals surface area contributed by atoms with Gasteiger partial charge in [0.25, 0.3) is 5.91 Å². The second-order valence-electron chi connectivity index (χ2n) is 12.6. The van der Waals surface area contributed by atoms with E-state index in [1.165, 1.54) is 16.2 Å². The number of amides is 1. The predicted molar refractivity (Wildman–Crippen MR) is 198 cm³/mol. The van der Waals surface area contributed by atoms with Gasteiger partial charge in [-0.15, -0.1) is 11.3 Å². The Morgan fingerprint density at radius 2 is 1.55 bits per heavy atom. The number of phenolic OH excluding ortho intramolecular Hbond substituents is 2. The van der Waals surface area contributed by atoms with Crippen molar-refractivity contribution < 1.29 is 48.3 Å². The lowest BCUT2D eigenvalue weighted by Crippen LogP contribution is -2.45. The van der Waals surface area contributed by atoms with Gasteiger partial charge in [-0.1, -0.05) is 0 Å². The number of phenols is 2. The second kappa shape index (κ2) is 16.4. The summed E-state index contributed by atoms with van der Waals surface area (Å²) in [6, 6.07) is 24.3. The van der Waals surface area contributed by atoms with E-state index in [2.05, 4.69) is 5.32 Å². The Morgan fingerprint density at radius 1 is 0.811 bits per heavy atom. The Balaban J connectivity index is 0.777. The zero-order valence-electron chi connectivity index (χ0n) is 28.7. The lowest BCUT2D eigenvalue weighted by Gasteiger charge is -2.28. The van der Waals surface area contributed by atoms with E-state index in [1.807, 2.05) is 54.6 Å². The number of nitrogens with one attached hydrogen (secondary N) is 1. The number of aromatic hydroxyl groups is 2. The lowest BCUT2D eigenvalue weighted by atomic mass is 10.1. The molecule has 1 atom stereocenters. The molecule has 1 unspecified atom stereocenters. The fourth-order valence-corrected chi connectivity index (χ4v) is 7.40. The van der Waals surface area contributed by atoms with E-state index in [0.717, 1.165) is 38.2 Å². The van der Waals surface area contributed by atoms with Gasteiger partial charge in [0.05, 0.1) is 24.7 Å². The molecular weight excluding hydrogens is 701 g/mol. The topological polar surface area (TPSA) is 153 Å². The molecule has 0 bridgehead atoms. The smallest absolute Gasteiger partial charge is 0.336 e. The number of esters is 2. The number of hydrogen-bond donors (Lipinski definition) is 3. The minimum atomic E-state index is -0.734. The highest BCUT2D eigenvalue weighted by Gasteiger charge is 2.40. The standard InChI is InChI=1S/C40H38N2O10S/c43-28-5-2-25(3-6-28)38-37(33-13-7-29(44)23-35(33)53-38)51-31-10-8-30(9-11-31)50-21-20-49-19-18-48-17-1-16-41-27-4-12-32-26(22-27)24-42(39(32)46)34-14-15-36(45)52-40(34)47/h2-13,22-23,34,41,43-44H,1,14-21,24H2. The highest BCUT2D eigenvalue weighted by Crippen LogP contribution is 2.47. The molecule has 1 saturated heterocycles. The van der Waals surface area contributed by atoms with Crippen LogP contribution in [0.4, 0.5) is 5.69 Å². The van der Waals surface area contributed by atoms with Gasteiger partial charge in [-0.2, -0.15) is 0 Å². The maximum atomic E-state index is 12.9. The number of thiophene rings is 1. The summed E-state index contributed by atoms with van der Waals surface area (Å²) < 4.78 is 29.2. The maximum Gasteiger partial charge on any atom is 0.336 e. The number of nitrogens with zero attached hydrogens (tertiary/aromatic N) is 1. The van der Waals surface area contributed by atoms with Crippen LogP contribution >= 0.6 is 11.3 Å². The third kappa shape index (κ3) is 8.54. The first-order chi connectivity index (χ1) is 25.8. The molecule has 12 nitrogen and oxygen atoms in total. The molecular formula is C40H38N2O10S. The predicted octanol–water partition coefficient (Wildman–Crippen LogP) is 6.87. The summed E-state index contributed by atoms with van der Waals surface area (Å²) >= 11 is 1.51. The maximum absolute atomic E-state index is 12.9. The largest absolute Gasteiger partial charge is 0.508 e. The van der Waals surface area contributed by atoms with Crippen molar-refractivity contribution in [1.29, 1.82) is 0 Å².